The third-order valence-electron chi connectivity index (χ3n) is 6.34. The van der Waals surface area contributed by atoms with E-state index in [1.165, 1.54) is 18.6 Å². The molecule has 0 heterocycles. The molecule has 0 aliphatic heterocycles. The highest BCUT2D eigenvalue weighted by Crippen LogP contribution is 2.66. The molecule has 0 amide bonds. The van der Waals surface area contributed by atoms with Crippen LogP contribution in [0, 0.1) is 16.7 Å². The second-order valence-electron chi connectivity index (χ2n) is 7.36. The highest BCUT2D eigenvalue weighted by atomic mass is 16.5. The summed E-state index contributed by atoms with van der Waals surface area (Å²) < 4.78 is 5.76. The molecule has 1 aromatic carbocycles. The SMILES string of the molecule is CC1(C)[C@H]2CC[C@@]1(C)[C@H](OC(=O)c1ccccc1C(=O)O)C2. The minimum Gasteiger partial charge on any atom is -0.478 e. The standard InChI is InChI=1S/C18H22O4/c1-17(2)11-8-9-18(17,3)14(10-11)22-16(21)13-7-5-4-6-12(13)15(19)20/h4-7,11,14H,8-10H2,1-3H3,(H,19,20)/t11-,14+,18-/m0/s1. The first kappa shape index (κ1) is 15.1. The van der Waals surface area contributed by atoms with E-state index in [0.29, 0.717) is 5.92 Å². The molecule has 2 saturated carbocycles. The number of ether oxygens (including phenoxy) is 1. The largest absolute Gasteiger partial charge is 0.478 e. The van der Waals surface area contributed by atoms with Crippen LogP contribution in [0.5, 0.6) is 0 Å². The van der Waals surface area contributed by atoms with Crippen molar-refractivity contribution < 1.29 is 19.4 Å². The lowest BCUT2D eigenvalue weighted by molar-refractivity contribution is -0.0244. The average molecular weight is 302 g/mol. The van der Waals surface area contributed by atoms with Gasteiger partial charge in [0.25, 0.3) is 0 Å². The van der Waals surface area contributed by atoms with E-state index >= 15 is 0 Å². The fourth-order valence-corrected chi connectivity index (χ4v) is 4.35. The number of benzene rings is 1. The normalized spacial score (nSPS) is 32.0. The van der Waals surface area contributed by atoms with Crippen molar-refractivity contribution in [2.45, 2.75) is 46.1 Å². The van der Waals surface area contributed by atoms with Crippen molar-refractivity contribution in [2.75, 3.05) is 0 Å². The van der Waals surface area contributed by atoms with E-state index in [4.69, 9.17) is 4.74 Å². The molecular formula is C18H22O4. The third-order valence-corrected chi connectivity index (χ3v) is 6.34. The van der Waals surface area contributed by atoms with E-state index in [-0.39, 0.29) is 28.1 Å². The van der Waals surface area contributed by atoms with E-state index in [1.807, 2.05) is 0 Å². The molecule has 2 aliphatic rings. The number of hydrogen-bond donors (Lipinski definition) is 1. The fraction of sp³-hybridized carbons (Fsp3) is 0.556. The summed E-state index contributed by atoms with van der Waals surface area (Å²) in [6.07, 6.45) is 2.99. The molecule has 22 heavy (non-hydrogen) atoms. The molecule has 4 heteroatoms. The number of rotatable bonds is 3. The molecule has 3 atom stereocenters. The Morgan fingerprint density at radius 2 is 1.82 bits per heavy atom. The van der Waals surface area contributed by atoms with E-state index in [0.717, 1.165) is 12.8 Å². The first-order chi connectivity index (χ1) is 10.3. The van der Waals surface area contributed by atoms with Crippen LogP contribution in [0.1, 0.15) is 60.7 Å². The van der Waals surface area contributed by atoms with Crippen molar-refractivity contribution in [2.24, 2.45) is 16.7 Å². The highest BCUT2D eigenvalue weighted by molar-refractivity contribution is 6.02. The van der Waals surface area contributed by atoms with Gasteiger partial charge in [-0.05, 0) is 42.7 Å². The molecule has 3 rings (SSSR count). The summed E-state index contributed by atoms with van der Waals surface area (Å²) in [4.78, 5) is 23.7. The van der Waals surface area contributed by atoms with Gasteiger partial charge < -0.3 is 9.84 Å². The Labute approximate surface area is 130 Å². The van der Waals surface area contributed by atoms with Gasteiger partial charge in [-0.1, -0.05) is 32.9 Å². The Hall–Kier alpha value is -1.84. The molecule has 0 unspecified atom stereocenters. The quantitative estimate of drug-likeness (QED) is 0.864. The predicted octanol–water partition coefficient (Wildman–Crippen LogP) is 3.76. The minimum atomic E-state index is -1.10. The fourth-order valence-electron chi connectivity index (χ4n) is 4.35. The van der Waals surface area contributed by atoms with Crippen LogP contribution in [-0.2, 0) is 4.74 Å². The lowest BCUT2D eigenvalue weighted by Gasteiger charge is -2.38. The average Bonchev–Trinajstić information content (AvgIpc) is 2.80. The van der Waals surface area contributed by atoms with Crippen LogP contribution in [0.3, 0.4) is 0 Å². The zero-order chi connectivity index (χ0) is 16.1. The first-order valence-electron chi connectivity index (χ1n) is 7.80. The molecule has 0 saturated heterocycles. The Kier molecular flexibility index (Phi) is 3.31. The monoisotopic (exact) mass is 302 g/mol. The van der Waals surface area contributed by atoms with Gasteiger partial charge in [-0.25, -0.2) is 9.59 Å². The zero-order valence-electron chi connectivity index (χ0n) is 13.3. The molecule has 1 N–H and O–H groups in total. The number of carbonyl (C=O) groups is 2. The summed E-state index contributed by atoms with van der Waals surface area (Å²) >= 11 is 0. The maximum Gasteiger partial charge on any atom is 0.339 e. The van der Waals surface area contributed by atoms with E-state index in [1.54, 1.807) is 12.1 Å². The van der Waals surface area contributed by atoms with Gasteiger partial charge in [0, 0.05) is 5.41 Å². The molecule has 0 radical (unpaired) electrons. The van der Waals surface area contributed by atoms with E-state index in [2.05, 4.69) is 20.8 Å². The van der Waals surface area contributed by atoms with Gasteiger partial charge in [0.05, 0.1) is 11.1 Å². The van der Waals surface area contributed by atoms with Gasteiger partial charge >= 0.3 is 11.9 Å². The Bertz CT molecular complexity index is 634. The van der Waals surface area contributed by atoms with Crippen molar-refractivity contribution in [1.29, 1.82) is 0 Å². The van der Waals surface area contributed by atoms with Gasteiger partial charge in [-0.2, -0.15) is 0 Å². The van der Waals surface area contributed by atoms with Gasteiger partial charge in [-0.15, -0.1) is 0 Å². The van der Waals surface area contributed by atoms with Gasteiger partial charge in [0.1, 0.15) is 6.10 Å². The number of hydrogen-bond acceptors (Lipinski definition) is 3. The van der Waals surface area contributed by atoms with Crippen LogP contribution in [0.15, 0.2) is 24.3 Å². The topological polar surface area (TPSA) is 63.6 Å². The van der Waals surface area contributed by atoms with Gasteiger partial charge in [-0.3, -0.25) is 0 Å². The van der Waals surface area contributed by atoms with Crippen LogP contribution >= 0.6 is 0 Å². The van der Waals surface area contributed by atoms with Crippen molar-refractivity contribution in [3.05, 3.63) is 35.4 Å². The van der Waals surface area contributed by atoms with Crippen molar-refractivity contribution in [3.63, 3.8) is 0 Å². The summed E-state index contributed by atoms with van der Waals surface area (Å²) in [5.74, 6) is -1.05. The van der Waals surface area contributed by atoms with Crippen LogP contribution in [0.2, 0.25) is 0 Å². The second-order valence-corrected chi connectivity index (χ2v) is 7.36. The molecule has 2 aliphatic carbocycles. The number of aromatic carboxylic acids is 1. The van der Waals surface area contributed by atoms with Crippen LogP contribution in [0.4, 0.5) is 0 Å². The molecule has 1 aromatic rings. The van der Waals surface area contributed by atoms with Gasteiger partial charge in [0.15, 0.2) is 0 Å². The Balaban J connectivity index is 1.84. The first-order valence-corrected chi connectivity index (χ1v) is 7.80. The summed E-state index contributed by atoms with van der Waals surface area (Å²) in [6.45, 7) is 6.70. The molecule has 0 aromatic heterocycles. The van der Waals surface area contributed by atoms with Gasteiger partial charge in [0.2, 0.25) is 0 Å². The second kappa shape index (κ2) is 4.83. The lowest BCUT2D eigenvalue weighted by atomic mass is 9.70. The van der Waals surface area contributed by atoms with Crippen LogP contribution in [0.25, 0.3) is 0 Å². The maximum atomic E-state index is 12.5. The number of carboxylic acid groups (broad SMARTS) is 1. The number of carboxylic acids is 1. The highest BCUT2D eigenvalue weighted by Gasteiger charge is 2.62. The molecule has 118 valence electrons. The van der Waals surface area contributed by atoms with E-state index in [9.17, 15) is 14.7 Å². The summed E-state index contributed by atoms with van der Waals surface area (Å²) in [5, 5.41) is 9.21. The molecular weight excluding hydrogens is 280 g/mol. The third kappa shape index (κ3) is 1.97. The number of esters is 1. The number of carbonyl (C=O) groups excluding carboxylic acids is 1. The molecule has 4 nitrogen and oxygen atoms in total. The van der Waals surface area contributed by atoms with Crippen molar-refractivity contribution >= 4 is 11.9 Å². The van der Waals surface area contributed by atoms with Crippen molar-refractivity contribution in [3.8, 4) is 0 Å². The molecule has 2 fully saturated rings. The number of fused-ring (bicyclic) bond motifs is 2. The zero-order valence-corrected chi connectivity index (χ0v) is 13.3. The molecule has 0 spiro atoms. The van der Waals surface area contributed by atoms with Crippen molar-refractivity contribution in [1.82, 2.24) is 0 Å². The minimum absolute atomic E-state index is 0.0000645. The smallest absolute Gasteiger partial charge is 0.339 e. The predicted molar refractivity (Wildman–Crippen MR) is 81.8 cm³/mol. The maximum absolute atomic E-state index is 12.5. The summed E-state index contributed by atoms with van der Waals surface area (Å²) in [6, 6.07) is 6.23. The Morgan fingerprint density at radius 1 is 1.18 bits per heavy atom. The Morgan fingerprint density at radius 3 is 2.32 bits per heavy atom. The molecule has 2 bridgehead atoms. The summed E-state index contributed by atoms with van der Waals surface area (Å²) in [7, 11) is 0. The van der Waals surface area contributed by atoms with Crippen LogP contribution < -0.4 is 0 Å². The van der Waals surface area contributed by atoms with Crippen LogP contribution in [-0.4, -0.2) is 23.1 Å². The summed E-state index contributed by atoms with van der Waals surface area (Å²) in [5.41, 5.74) is 0.273. The lowest BCUT2D eigenvalue weighted by Crippen LogP contribution is -2.38. The van der Waals surface area contributed by atoms with E-state index < -0.39 is 11.9 Å².